The van der Waals surface area contributed by atoms with Gasteiger partial charge in [-0.25, -0.2) is 4.79 Å². The molecule has 4 heteroatoms. The maximum atomic E-state index is 12.5. The first-order valence-corrected chi connectivity index (χ1v) is 7.59. The SMILES string of the molecule is C=C(C)C(=O)NC(=O)N(Cc1ccccc1)C1=CCCCC1. The number of imide groups is 1. The molecule has 0 saturated heterocycles. The van der Waals surface area contributed by atoms with E-state index in [1.807, 2.05) is 30.3 Å². The van der Waals surface area contributed by atoms with Crippen molar-refractivity contribution < 1.29 is 9.59 Å². The van der Waals surface area contributed by atoms with Crippen molar-refractivity contribution >= 4 is 11.9 Å². The number of urea groups is 1. The number of carbonyl (C=O) groups is 2. The van der Waals surface area contributed by atoms with Gasteiger partial charge in [0.05, 0.1) is 6.54 Å². The van der Waals surface area contributed by atoms with E-state index in [1.54, 1.807) is 11.8 Å². The lowest BCUT2D eigenvalue weighted by Gasteiger charge is -2.27. The molecular formula is C18H22N2O2. The Morgan fingerprint density at radius 2 is 1.95 bits per heavy atom. The second-order valence-corrected chi connectivity index (χ2v) is 5.55. The molecule has 0 saturated carbocycles. The molecule has 0 fully saturated rings. The summed E-state index contributed by atoms with van der Waals surface area (Å²) >= 11 is 0. The van der Waals surface area contributed by atoms with Crippen molar-refractivity contribution in [2.24, 2.45) is 0 Å². The first kappa shape index (κ1) is 16.0. The van der Waals surface area contributed by atoms with Gasteiger partial charge in [0.15, 0.2) is 0 Å². The van der Waals surface area contributed by atoms with Gasteiger partial charge in [-0.1, -0.05) is 43.0 Å². The zero-order valence-electron chi connectivity index (χ0n) is 13.0. The minimum absolute atomic E-state index is 0.325. The van der Waals surface area contributed by atoms with Crippen LogP contribution in [0, 0.1) is 0 Å². The van der Waals surface area contributed by atoms with Gasteiger partial charge < -0.3 is 0 Å². The van der Waals surface area contributed by atoms with Gasteiger partial charge in [-0.2, -0.15) is 0 Å². The lowest BCUT2D eigenvalue weighted by Crippen LogP contribution is -2.42. The summed E-state index contributed by atoms with van der Waals surface area (Å²) in [5.74, 6) is -0.431. The van der Waals surface area contributed by atoms with Gasteiger partial charge in [0, 0.05) is 11.3 Å². The van der Waals surface area contributed by atoms with Crippen LogP contribution >= 0.6 is 0 Å². The number of carbonyl (C=O) groups excluding carboxylic acids is 2. The molecule has 0 aliphatic heterocycles. The molecule has 0 aromatic heterocycles. The Bertz CT molecular complexity index is 590. The van der Waals surface area contributed by atoms with Gasteiger partial charge in [-0.3, -0.25) is 15.0 Å². The molecule has 0 spiro atoms. The van der Waals surface area contributed by atoms with Gasteiger partial charge in [0.25, 0.3) is 5.91 Å². The van der Waals surface area contributed by atoms with E-state index < -0.39 is 5.91 Å². The van der Waals surface area contributed by atoms with Crippen LogP contribution in [-0.4, -0.2) is 16.8 Å². The summed E-state index contributed by atoms with van der Waals surface area (Å²) in [6, 6.07) is 9.40. The van der Waals surface area contributed by atoms with Crippen molar-refractivity contribution in [1.29, 1.82) is 0 Å². The van der Waals surface area contributed by atoms with E-state index in [0.29, 0.717) is 12.1 Å². The zero-order valence-corrected chi connectivity index (χ0v) is 13.0. The lowest BCUT2D eigenvalue weighted by molar-refractivity contribution is -0.116. The molecule has 1 aliphatic carbocycles. The number of nitrogens with one attached hydrogen (secondary N) is 1. The van der Waals surface area contributed by atoms with Crippen LogP contribution in [0.5, 0.6) is 0 Å². The van der Waals surface area contributed by atoms with Crippen LogP contribution in [0.15, 0.2) is 54.3 Å². The van der Waals surface area contributed by atoms with E-state index in [2.05, 4.69) is 18.0 Å². The normalized spacial score (nSPS) is 14.0. The lowest BCUT2D eigenvalue weighted by atomic mass is 10.0. The van der Waals surface area contributed by atoms with E-state index in [4.69, 9.17) is 0 Å². The quantitative estimate of drug-likeness (QED) is 0.860. The van der Waals surface area contributed by atoms with Crippen LogP contribution in [0.1, 0.15) is 38.2 Å². The summed E-state index contributed by atoms with van der Waals surface area (Å²) in [6.07, 6.45) is 6.15. The topological polar surface area (TPSA) is 49.4 Å². The fraction of sp³-hybridized carbons (Fsp3) is 0.333. The molecule has 2 rings (SSSR count). The van der Waals surface area contributed by atoms with E-state index >= 15 is 0 Å². The van der Waals surface area contributed by atoms with Crippen LogP contribution in [-0.2, 0) is 11.3 Å². The van der Waals surface area contributed by atoms with Crippen molar-refractivity contribution in [2.45, 2.75) is 39.2 Å². The number of benzene rings is 1. The molecule has 1 aromatic rings. The predicted molar refractivity (Wildman–Crippen MR) is 86.9 cm³/mol. The van der Waals surface area contributed by atoms with Gasteiger partial charge in [0.1, 0.15) is 0 Å². The monoisotopic (exact) mass is 298 g/mol. The number of rotatable bonds is 4. The van der Waals surface area contributed by atoms with Gasteiger partial charge >= 0.3 is 6.03 Å². The van der Waals surface area contributed by atoms with Crippen molar-refractivity contribution in [3.63, 3.8) is 0 Å². The number of nitrogens with zero attached hydrogens (tertiary/aromatic N) is 1. The molecule has 116 valence electrons. The predicted octanol–water partition coefficient (Wildman–Crippen LogP) is 3.76. The summed E-state index contributed by atoms with van der Waals surface area (Å²) in [6.45, 7) is 5.61. The van der Waals surface area contributed by atoms with Crippen LogP contribution in [0.2, 0.25) is 0 Å². The number of hydrogen-bond acceptors (Lipinski definition) is 2. The molecule has 1 aromatic carbocycles. The Morgan fingerprint density at radius 1 is 1.23 bits per heavy atom. The van der Waals surface area contributed by atoms with E-state index in [-0.39, 0.29) is 6.03 Å². The highest BCUT2D eigenvalue weighted by atomic mass is 16.2. The Balaban J connectivity index is 2.17. The summed E-state index contributed by atoms with van der Waals surface area (Å²) in [4.78, 5) is 25.9. The Labute approximate surface area is 131 Å². The van der Waals surface area contributed by atoms with E-state index in [0.717, 1.165) is 36.9 Å². The molecule has 3 amide bonds. The Hall–Kier alpha value is -2.36. The Kier molecular flexibility index (Phi) is 5.53. The van der Waals surface area contributed by atoms with Gasteiger partial charge in [-0.15, -0.1) is 0 Å². The van der Waals surface area contributed by atoms with Gasteiger partial charge in [0.2, 0.25) is 0 Å². The van der Waals surface area contributed by atoms with Crippen LogP contribution in [0.25, 0.3) is 0 Å². The average molecular weight is 298 g/mol. The van der Waals surface area contributed by atoms with Crippen molar-refractivity contribution in [2.75, 3.05) is 0 Å². The summed E-state index contributed by atoms with van der Waals surface area (Å²) in [5.41, 5.74) is 2.35. The number of hydrogen-bond donors (Lipinski definition) is 1. The Morgan fingerprint density at radius 3 is 2.55 bits per heavy atom. The molecule has 22 heavy (non-hydrogen) atoms. The number of allylic oxidation sites excluding steroid dienone is 2. The third-order valence-corrected chi connectivity index (χ3v) is 3.65. The largest absolute Gasteiger partial charge is 0.328 e. The van der Waals surface area contributed by atoms with Crippen molar-refractivity contribution in [3.05, 3.63) is 59.8 Å². The first-order chi connectivity index (χ1) is 10.6. The average Bonchev–Trinajstić information content (AvgIpc) is 2.54. The molecular weight excluding hydrogens is 276 g/mol. The summed E-state index contributed by atoms with van der Waals surface area (Å²) in [7, 11) is 0. The minimum atomic E-state index is -0.431. The summed E-state index contributed by atoms with van der Waals surface area (Å²) < 4.78 is 0. The molecule has 0 atom stereocenters. The molecule has 0 heterocycles. The third-order valence-electron chi connectivity index (χ3n) is 3.65. The highest BCUT2D eigenvalue weighted by molar-refractivity contribution is 6.03. The van der Waals surface area contributed by atoms with Crippen molar-refractivity contribution in [1.82, 2.24) is 10.2 Å². The zero-order chi connectivity index (χ0) is 15.9. The molecule has 0 bridgehead atoms. The highest BCUT2D eigenvalue weighted by Gasteiger charge is 2.21. The molecule has 0 radical (unpaired) electrons. The van der Waals surface area contributed by atoms with Gasteiger partial charge in [-0.05, 0) is 38.2 Å². The second kappa shape index (κ2) is 7.59. The minimum Gasteiger partial charge on any atom is -0.294 e. The fourth-order valence-corrected chi connectivity index (χ4v) is 2.41. The third kappa shape index (κ3) is 4.32. The molecule has 0 unspecified atom stereocenters. The summed E-state index contributed by atoms with van der Waals surface area (Å²) in [5, 5.41) is 2.40. The van der Waals surface area contributed by atoms with E-state index in [9.17, 15) is 9.59 Å². The highest BCUT2D eigenvalue weighted by Crippen LogP contribution is 2.23. The maximum Gasteiger partial charge on any atom is 0.328 e. The standard InChI is InChI=1S/C18H22N2O2/c1-14(2)17(21)19-18(22)20(16-11-7-4-8-12-16)13-15-9-5-3-6-10-15/h3,5-6,9-11H,1,4,7-8,12-13H2,2H3,(H,19,21,22). The molecule has 1 aliphatic rings. The molecule has 4 nitrogen and oxygen atoms in total. The maximum absolute atomic E-state index is 12.5. The van der Waals surface area contributed by atoms with Crippen LogP contribution < -0.4 is 5.32 Å². The fourth-order valence-electron chi connectivity index (χ4n) is 2.41. The molecule has 1 N–H and O–H groups in total. The first-order valence-electron chi connectivity index (χ1n) is 7.59. The number of amides is 3. The van der Waals surface area contributed by atoms with Crippen LogP contribution in [0.3, 0.4) is 0 Å². The second-order valence-electron chi connectivity index (χ2n) is 5.55. The smallest absolute Gasteiger partial charge is 0.294 e. The van der Waals surface area contributed by atoms with E-state index in [1.165, 1.54) is 0 Å². The van der Waals surface area contributed by atoms with Crippen molar-refractivity contribution in [3.8, 4) is 0 Å². The van der Waals surface area contributed by atoms with Crippen LogP contribution in [0.4, 0.5) is 4.79 Å².